The van der Waals surface area contributed by atoms with Crippen LogP contribution >= 0.6 is 0 Å². The maximum Gasteiger partial charge on any atom is 0.221 e. The topological polar surface area (TPSA) is 64.3 Å². The van der Waals surface area contributed by atoms with E-state index in [1.165, 1.54) is 0 Å². The molecule has 0 saturated carbocycles. The largest absolute Gasteiger partial charge is 0.380 e. The summed E-state index contributed by atoms with van der Waals surface area (Å²) in [6.45, 7) is 9.20. The van der Waals surface area contributed by atoms with E-state index in [1.54, 1.807) is 6.20 Å². The van der Waals surface area contributed by atoms with Crippen LogP contribution in [-0.2, 0) is 4.74 Å². The summed E-state index contributed by atoms with van der Waals surface area (Å²) < 4.78 is 5.34. The van der Waals surface area contributed by atoms with E-state index >= 15 is 0 Å². The molecule has 0 spiro atoms. The Morgan fingerprint density at radius 1 is 1.44 bits per heavy atom. The molecule has 0 amide bonds. The normalized spacial score (nSPS) is 10.4. The van der Waals surface area contributed by atoms with Gasteiger partial charge in [0.05, 0.1) is 6.61 Å². The maximum atomic E-state index is 5.59. The van der Waals surface area contributed by atoms with Gasteiger partial charge in [-0.25, -0.2) is 4.98 Å². The average molecular weight is 224 g/mol. The van der Waals surface area contributed by atoms with Crippen molar-refractivity contribution in [2.75, 3.05) is 36.9 Å². The molecule has 2 N–H and O–H groups in total. The second-order valence-corrected chi connectivity index (χ2v) is 3.51. The van der Waals surface area contributed by atoms with Crippen LogP contribution in [0.2, 0.25) is 0 Å². The number of nitrogens with zero attached hydrogens (tertiary/aromatic N) is 3. The van der Waals surface area contributed by atoms with E-state index in [1.807, 2.05) is 13.8 Å². The molecule has 16 heavy (non-hydrogen) atoms. The lowest BCUT2D eigenvalue weighted by Crippen LogP contribution is -2.29. The summed E-state index contributed by atoms with van der Waals surface area (Å²) in [5.41, 5.74) is 6.63. The predicted octanol–water partition coefficient (Wildman–Crippen LogP) is 1.23. The van der Waals surface area contributed by atoms with Crippen molar-refractivity contribution < 1.29 is 4.74 Å². The van der Waals surface area contributed by atoms with Gasteiger partial charge in [-0.05, 0) is 20.8 Å². The average Bonchev–Trinajstić information content (AvgIpc) is 2.28. The first-order valence-electron chi connectivity index (χ1n) is 5.60. The first-order chi connectivity index (χ1) is 7.69. The van der Waals surface area contributed by atoms with Gasteiger partial charge in [0, 0.05) is 31.5 Å². The van der Waals surface area contributed by atoms with Gasteiger partial charge in [0.25, 0.3) is 0 Å². The molecule has 1 aromatic heterocycles. The molecule has 0 aliphatic carbocycles. The van der Waals surface area contributed by atoms with E-state index in [9.17, 15) is 0 Å². The first kappa shape index (κ1) is 12.7. The van der Waals surface area contributed by atoms with Crippen molar-refractivity contribution in [3.05, 3.63) is 11.8 Å². The summed E-state index contributed by atoms with van der Waals surface area (Å²) in [4.78, 5) is 10.4. The molecule has 0 radical (unpaired) electrons. The lowest BCUT2D eigenvalue weighted by molar-refractivity contribution is 0.154. The lowest BCUT2D eigenvalue weighted by Gasteiger charge is -2.23. The summed E-state index contributed by atoms with van der Waals surface area (Å²) in [5.74, 6) is 1.21. The third-order valence-corrected chi connectivity index (χ3v) is 2.35. The molecule has 0 fully saturated rings. The van der Waals surface area contributed by atoms with Gasteiger partial charge in [0.15, 0.2) is 0 Å². The van der Waals surface area contributed by atoms with Crippen molar-refractivity contribution >= 4 is 11.8 Å². The maximum absolute atomic E-state index is 5.59. The summed E-state index contributed by atoms with van der Waals surface area (Å²) in [7, 11) is 0. The Bertz CT molecular complexity index is 330. The van der Waals surface area contributed by atoms with E-state index in [4.69, 9.17) is 10.5 Å². The summed E-state index contributed by atoms with van der Waals surface area (Å²) in [6, 6.07) is 0. The fourth-order valence-electron chi connectivity index (χ4n) is 1.50. The molecular formula is C11H20N4O. The van der Waals surface area contributed by atoms with Gasteiger partial charge in [-0.3, -0.25) is 0 Å². The van der Waals surface area contributed by atoms with Crippen LogP contribution < -0.4 is 10.6 Å². The summed E-state index contributed by atoms with van der Waals surface area (Å²) in [5, 5.41) is 0. The number of hydrogen-bond acceptors (Lipinski definition) is 5. The number of nitrogens with two attached hydrogens (primary N) is 1. The van der Waals surface area contributed by atoms with Crippen LogP contribution in [0.4, 0.5) is 11.8 Å². The van der Waals surface area contributed by atoms with Crippen LogP contribution in [-0.4, -0.2) is 36.3 Å². The van der Waals surface area contributed by atoms with Crippen molar-refractivity contribution in [1.29, 1.82) is 0 Å². The number of rotatable bonds is 6. The SMILES string of the molecule is CCOCCN(CC)c1nc(N)ncc1C. The predicted molar refractivity (Wildman–Crippen MR) is 65.6 cm³/mol. The number of aryl methyl sites for hydroxylation is 1. The molecule has 0 atom stereocenters. The van der Waals surface area contributed by atoms with E-state index < -0.39 is 0 Å². The van der Waals surface area contributed by atoms with Gasteiger partial charge in [-0.1, -0.05) is 0 Å². The quantitative estimate of drug-likeness (QED) is 0.736. The standard InChI is InChI=1S/C11H20N4O/c1-4-15(6-7-16-5-2)10-9(3)8-13-11(12)14-10/h8H,4-7H2,1-3H3,(H2,12,13,14). The molecule has 5 heteroatoms. The number of likely N-dealkylation sites (N-methyl/N-ethyl adjacent to an activating group) is 1. The molecular weight excluding hydrogens is 204 g/mol. The van der Waals surface area contributed by atoms with E-state index in [0.717, 1.165) is 31.1 Å². The highest BCUT2D eigenvalue weighted by atomic mass is 16.5. The number of ether oxygens (including phenoxy) is 1. The van der Waals surface area contributed by atoms with Gasteiger partial charge >= 0.3 is 0 Å². The van der Waals surface area contributed by atoms with E-state index in [0.29, 0.717) is 12.6 Å². The Hall–Kier alpha value is -1.36. The van der Waals surface area contributed by atoms with Crippen LogP contribution in [0.1, 0.15) is 19.4 Å². The van der Waals surface area contributed by atoms with Crippen LogP contribution in [0.3, 0.4) is 0 Å². The number of hydrogen-bond donors (Lipinski definition) is 1. The Balaban J connectivity index is 2.73. The Morgan fingerprint density at radius 3 is 2.81 bits per heavy atom. The molecule has 0 bridgehead atoms. The molecule has 5 nitrogen and oxygen atoms in total. The summed E-state index contributed by atoms with van der Waals surface area (Å²) in [6.07, 6.45) is 1.75. The molecule has 90 valence electrons. The molecule has 1 heterocycles. The number of nitrogen functional groups attached to an aromatic ring is 1. The van der Waals surface area contributed by atoms with E-state index in [2.05, 4.69) is 21.8 Å². The molecule has 0 unspecified atom stereocenters. The smallest absolute Gasteiger partial charge is 0.221 e. The highest BCUT2D eigenvalue weighted by Gasteiger charge is 2.09. The zero-order chi connectivity index (χ0) is 12.0. The monoisotopic (exact) mass is 224 g/mol. The second-order valence-electron chi connectivity index (χ2n) is 3.51. The van der Waals surface area contributed by atoms with Gasteiger partial charge in [-0.15, -0.1) is 0 Å². The zero-order valence-corrected chi connectivity index (χ0v) is 10.2. The lowest BCUT2D eigenvalue weighted by atomic mass is 10.3. The first-order valence-corrected chi connectivity index (χ1v) is 5.60. The Kier molecular flexibility index (Phi) is 4.98. The van der Waals surface area contributed by atoms with Crippen molar-refractivity contribution in [2.45, 2.75) is 20.8 Å². The summed E-state index contributed by atoms with van der Waals surface area (Å²) >= 11 is 0. The van der Waals surface area contributed by atoms with Gasteiger partial charge in [-0.2, -0.15) is 4.98 Å². The van der Waals surface area contributed by atoms with Crippen molar-refractivity contribution in [1.82, 2.24) is 9.97 Å². The molecule has 1 rings (SSSR count). The van der Waals surface area contributed by atoms with Crippen LogP contribution in [0, 0.1) is 6.92 Å². The molecule has 0 aliphatic rings. The van der Waals surface area contributed by atoms with Gasteiger partial charge < -0.3 is 15.4 Å². The number of anilines is 2. The fraction of sp³-hybridized carbons (Fsp3) is 0.636. The third-order valence-electron chi connectivity index (χ3n) is 2.35. The number of aromatic nitrogens is 2. The molecule has 1 aromatic rings. The van der Waals surface area contributed by atoms with Crippen LogP contribution in [0.25, 0.3) is 0 Å². The molecule has 0 aliphatic heterocycles. The van der Waals surface area contributed by atoms with Crippen LogP contribution in [0.15, 0.2) is 6.20 Å². The van der Waals surface area contributed by atoms with Crippen LogP contribution in [0.5, 0.6) is 0 Å². The zero-order valence-electron chi connectivity index (χ0n) is 10.2. The molecule has 0 saturated heterocycles. The highest BCUT2D eigenvalue weighted by molar-refractivity contribution is 5.47. The van der Waals surface area contributed by atoms with Crippen molar-refractivity contribution in [2.24, 2.45) is 0 Å². The van der Waals surface area contributed by atoms with Crippen molar-refractivity contribution in [3.8, 4) is 0 Å². The van der Waals surface area contributed by atoms with Gasteiger partial charge in [0.1, 0.15) is 5.82 Å². The van der Waals surface area contributed by atoms with E-state index in [-0.39, 0.29) is 0 Å². The molecule has 0 aromatic carbocycles. The highest BCUT2D eigenvalue weighted by Crippen LogP contribution is 2.16. The van der Waals surface area contributed by atoms with Gasteiger partial charge in [0.2, 0.25) is 5.95 Å². The second kappa shape index (κ2) is 6.27. The van der Waals surface area contributed by atoms with Crippen molar-refractivity contribution in [3.63, 3.8) is 0 Å². The minimum absolute atomic E-state index is 0.315. The fourth-order valence-corrected chi connectivity index (χ4v) is 1.50. The minimum atomic E-state index is 0.315. The minimum Gasteiger partial charge on any atom is -0.380 e. The Labute approximate surface area is 96.6 Å². The Morgan fingerprint density at radius 2 is 2.19 bits per heavy atom. The third kappa shape index (κ3) is 3.34.